The molecule has 4 rings (SSSR count). The van der Waals surface area contributed by atoms with Gasteiger partial charge < -0.3 is 15.3 Å². The number of halogens is 3. The predicted octanol–water partition coefficient (Wildman–Crippen LogP) is 4.36. The molecule has 0 spiro atoms. The topological polar surface area (TPSA) is 82.8 Å². The number of alkyl halides is 3. The lowest BCUT2D eigenvalue weighted by molar-refractivity contribution is -0.137. The molecule has 1 saturated heterocycles. The smallest absolute Gasteiger partial charge is 0.391 e. The summed E-state index contributed by atoms with van der Waals surface area (Å²) in [5.41, 5.74) is -0.702. The highest BCUT2D eigenvalue weighted by molar-refractivity contribution is 5.96. The standard InChI is InChI=1S/C23H26F3N5O2/c1-22(2,3)21(33)28-17-11-14(6-7-16(17)23(24,25)26)18-13-31-19(27-18)8-9-20(29-31)30-10-4-5-15(32)12-30/h6-9,11,13,15,32H,4-5,10,12H2,1-3H3,(H,28,33)/t15-/m0/s1. The molecule has 3 heterocycles. The third kappa shape index (κ3) is 4.95. The van der Waals surface area contributed by atoms with E-state index in [0.717, 1.165) is 25.5 Å². The number of aromatic nitrogens is 3. The summed E-state index contributed by atoms with van der Waals surface area (Å²) in [6.45, 7) is 6.17. The number of hydrogen-bond acceptors (Lipinski definition) is 5. The van der Waals surface area contributed by atoms with Crippen LogP contribution in [0.25, 0.3) is 16.9 Å². The number of nitrogens with zero attached hydrogens (tertiary/aromatic N) is 4. The average molecular weight is 461 g/mol. The molecule has 0 aliphatic carbocycles. The van der Waals surface area contributed by atoms with Crippen molar-refractivity contribution in [2.24, 2.45) is 5.41 Å². The third-order valence-electron chi connectivity index (χ3n) is 5.58. The third-order valence-corrected chi connectivity index (χ3v) is 5.58. The van der Waals surface area contributed by atoms with Gasteiger partial charge in [-0.05, 0) is 37.1 Å². The highest BCUT2D eigenvalue weighted by Gasteiger charge is 2.35. The number of piperidine rings is 1. The Hall–Kier alpha value is -3.14. The summed E-state index contributed by atoms with van der Waals surface area (Å²) in [6, 6.07) is 7.16. The van der Waals surface area contributed by atoms with Gasteiger partial charge in [0.05, 0.1) is 29.2 Å². The SMILES string of the molecule is CC(C)(C)C(=O)Nc1cc(-c2cn3nc(N4CCC[C@H](O)C4)ccc3n2)ccc1C(F)(F)F. The molecule has 0 radical (unpaired) electrons. The van der Waals surface area contributed by atoms with Crippen molar-refractivity contribution in [1.82, 2.24) is 14.6 Å². The Labute approximate surface area is 189 Å². The summed E-state index contributed by atoms with van der Waals surface area (Å²) in [6.07, 6.45) is -1.76. The van der Waals surface area contributed by atoms with Crippen molar-refractivity contribution in [1.29, 1.82) is 0 Å². The van der Waals surface area contributed by atoms with E-state index in [0.29, 0.717) is 29.3 Å². The molecule has 7 nitrogen and oxygen atoms in total. The molecule has 0 unspecified atom stereocenters. The van der Waals surface area contributed by atoms with Gasteiger partial charge in [-0.25, -0.2) is 9.50 Å². The van der Waals surface area contributed by atoms with Crippen LogP contribution in [0.3, 0.4) is 0 Å². The van der Waals surface area contributed by atoms with Gasteiger partial charge in [0.25, 0.3) is 0 Å². The van der Waals surface area contributed by atoms with Gasteiger partial charge in [0.15, 0.2) is 5.65 Å². The van der Waals surface area contributed by atoms with Gasteiger partial charge in [-0.15, -0.1) is 5.10 Å². The second-order valence-corrected chi connectivity index (χ2v) is 9.32. The molecule has 1 aromatic carbocycles. The molecule has 176 valence electrons. The van der Waals surface area contributed by atoms with E-state index in [-0.39, 0.29) is 5.69 Å². The van der Waals surface area contributed by atoms with Crippen LogP contribution in [0.5, 0.6) is 0 Å². The molecule has 0 saturated carbocycles. The minimum Gasteiger partial charge on any atom is -0.391 e. The van der Waals surface area contributed by atoms with Crippen LogP contribution in [-0.4, -0.2) is 44.8 Å². The van der Waals surface area contributed by atoms with Crippen LogP contribution < -0.4 is 10.2 Å². The first kappa shape index (κ1) is 23.0. The number of carbonyl (C=O) groups is 1. The number of nitrogens with one attached hydrogen (secondary N) is 1. The Balaban J connectivity index is 1.69. The number of fused-ring (bicyclic) bond motifs is 1. The van der Waals surface area contributed by atoms with E-state index in [1.807, 2.05) is 11.0 Å². The van der Waals surface area contributed by atoms with Gasteiger partial charge in [-0.2, -0.15) is 13.2 Å². The van der Waals surface area contributed by atoms with Gasteiger partial charge >= 0.3 is 6.18 Å². The number of benzene rings is 1. The molecule has 2 aromatic heterocycles. The fourth-order valence-corrected chi connectivity index (χ4v) is 3.71. The molecule has 1 fully saturated rings. The van der Waals surface area contributed by atoms with Crippen molar-refractivity contribution >= 4 is 23.1 Å². The first-order valence-corrected chi connectivity index (χ1v) is 10.7. The van der Waals surface area contributed by atoms with E-state index < -0.39 is 29.2 Å². The number of hydrogen-bond donors (Lipinski definition) is 2. The van der Waals surface area contributed by atoms with Crippen molar-refractivity contribution in [3.05, 3.63) is 42.1 Å². The lowest BCUT2D eigenvalue weighted by atomic mass is 9.95. The number of aliphatic hydroxyl groups excluding tert-OH is 1. The zero-order chi connectivity index (χ0) is 24.0. The fraction of sp³-hybridized carbons (Fsp3) is 0.435. The first-order valence-electron chi connectivity index (χ1n) is 10.7. The molecule has 0 bridgehead atoms. The number of amides is 1. The van der Waals surface area contributed by atoms with Crippen molar-refractivity contribution in [3.63, 3.8) is 0 Å². The highest BCUT2D eigenvalue weighted by atomic mass is 19.4. The summed E-state index contributed by atoms with van der Waals surface area (Å²) in [5.74, 6) is 0.172. The van der Waals surface area contributed by atoms with Gasteiger partial charge in [0.2, 0.25) is 5.91 Å². The van der Waals surface area contributed by atoms with E-state index in [2.05, 4.69) is 15.4 Å². The second-order valence-electron chi connectivity index (χ2n) is 9.32. The molecule has 1 aliphatic rings. The summed E-state index contributed by atoms with van der Waals surface area (Å²) in [7, 11) is 0. The van der Waals surface area contributed by atoms with Crippen LogP contribution in [0.15, 0.2) is 36.5 Å². The normalized spacial score (nSPS) is 17.4. The average Bonchev–Trinajstić information content (AvgIpc) is 3.15. The quantitative estimate of drug-likeness (QED) is 0.606. The zero-order valence-electron chi connectivity index (χ0n) is 18.6. The Bertz CT molecular complexity index is 1180. The van der Waals surface area contributed by atoms with E-state index in [1.165, 1.54) is 12.1 Å². The van der Waals surface area contributed by atoms with Crippen molar-refractivity contribution in [2.45, 2.75) is 45.9 Å². The van der Waals surface area contributed by atoms with E-state index in [4.69, 9.17) is 0 Å². The summed E-state index contributed by atoms with van der Waals surface area (Å²) in [5, 5.41) is 16.9. The van der Waals surface area contributed by atoms with Crippen molar-refractivity contribution < 1.29 is 23.1 Å². The Morgan fingerprint density at radius 2 is 1.94 bits per heavy atom. The summed E-state index contributed by atoms with van der Waals surface area (Å²) in [4.78, 5) is 18.9. The molecule has 2 N–H and O–H groups in total. The molecule has 1 amide bonds. The van der Waals surface area contributed by atoms with Crippen LogP contribution in [0.2, 0.25) is 0 Å². The first-order chi connectivity index (χ1) is 15.4. The Kier molecular flexibility index (Phi) is 5.81. The van der Waals surface area contributed by atoms with Gasteiger partial charge in [-0.1, -0.05) is 26.8 Å². The summed E-state index contributed by atoms with van der Waals surface area (Å²) < 4.78 is 42.2. The van der Waals surface area contributed by atoms with E-state index >= 15 is 0 Å². The number of rotatable bonds is 3. The lowest BCUT2D eigenvalue weighted by Crippen LogP contribution is -2.38. The molecular weight excluding hydrogens is 435 g/mol. The largest absolute Gasteiger partial charge is 0.418 e. The van der Waals surface area contributed by atoms with Gasteiger partial charge in [0, 0.05) is 24.1 Å². The highest BCUT2D eigenvalue weighted by Crippen LogP contribution is 2.37. The predicted molar refractivity (Wildman–Crippen MR) is 119 cm³/mol. The number of β-amino-alcohol motifs (C(OH)–C–C–N with tert-alkyl or cyclic N) is 1. The van der Waals surface area contributed by atoms with E-state index in [9.17, 15) is 23.1 Å². The second kappa shape index (κ2) is 8.33. The maximum Gasteiger partial charge on any atom is 0.418 e. The fourth-order valence-electron chi connectivity index (χ4n) is 3.71. The number of aliphatic hydroxyl groups is 1. The van der Waals surface area contributed by atoms with E-state index in [1.54, 1.807) is 37.5 Å². The monoisotopic (exact) mass is 461 g/mol. The molecule has 10 heteroatoms. The molecule has 33 heavy (non-hydrogen) atoms. The lowest BCUT2D eigenvalue weighted by Gasteiger charge is -2.30. The van der Waals surface area contributed by atoms with Gasteiger partial charge in [0.1, 0.15) is 5.82 Å². The molecule has 1 atom stereocenters. The van der Waals surface area contributed by atoms with Crippen LogP contribution in [0.1, 0.15) is 39.2 Å². The Morgan fingerprint density at radius 3 is 2.61 bits per heavy atom. The minimum atomic E-state index is -4.62. The van der Waals surface area contributed by atoms with Gasteiger partial charge in [-0.3, -0.25) is 4.79 Å². The van der Waals surface area contributed by atoms with Crippen LogP contribution in [-0.2, 0) is 11.0 Å². The van der Waals surface area contributed by atoms with Crippen molar-refractivity contribution in [3.8, 4) is 11.3 Å². The zero-order valence-corrected chi connectivity index (χ0v) is 18.6. The van der Waals surface area contributed by atoms with Crippen LogP contribution >= 0.6 is 0 Å². The Morgan fingerprint density at radius 1 is 1.18 bits per heavy atom. The maximum atomic E-state index is 13.5. The van der Waals surface area contributed by atoms with Crippen LogP contribution in [0.4, 0.5) is 24.7 Å². The summed E-state index contributed by atoms with van der Waals surface area (Å²) >= 11 is 0. The maximum absolute atomic E-state index is 13.5. The number of anilines is 2. The molecular formula is C23H26F3N5O2. The van der Waals surface area contributed by atoms with Crippen LogP contribution in [0, 0.1) is 5.41 Å². The number of carbonyl (C=O) groups excluding carboxylic acids is 1. The van der Waals surface area contributed by atoms with Crippen molar-refractivity contribution in [2.75, 3.05) is 23.3 Å². The molecule has 3 aromatic rings. The minimum absolute atomic E-state index is 0.312. The molecule has 1 aliphatic heterocycles. The number of imidazole rings is 1.